The minimum atomic E-state index is 0.475. The molecule has 0 atom stereocenters. The first-order chi connectivity index (χ1) is 10.3. The molecule has 1 aliphatic heterocycles. The Labute approximate surface area is 136 Å². The van der Waals surface area contributed by atoms with E-state index in [0.29, 0.717) is 5.38 Å². The SMILES string of the molecule is ClC1CCC(CN2CCC(CC3CCCCC3)CC2)CC1. The van der Waals surface area contributed by atoms with Gasteiger partial charge in [-0.05, 0) is 75.8 Å². The Morgan fingerprint density at radius 1 is 0.667 bits per heavy atom. The maximum Gasteiger partial charge on any atom is 0.0336 e. The monoisotopic (exact) mass is 311 g/mol. The molecule has 0 aromatic rings. The van der Waals surface area contributed by atoms with Crippen molar-refractivity contribution < 1.29 is 0 Å². The molecule has 0 aromatic carbocycles. The highest BCUT2D eigenvalue weighted by Gasteiger charge is 2.26. The van der Waals surface area contributed by atoms with Crippen molar-refractivity contribution >= 4 is 11.6 Å². The van der Waals surface area contributed by atoms with Gasteiger partial charge in [0, 0.05) is 11.9 Å². The summed E-state index contributed by atoms with van der Waals surface area (Å²) in [6.07, 6.45) is 17.3. The second kappa shape index (κ2) is 8.20. The second-order valence-electron chi connectivity index (χ2n) is 8.10. The number of hydrogen-bond donors (Lipinski definition) is 0. The molecule has 2 aliphatic carbocycles. The number of piperidine rings is 1. The van der Waals surface area contributed by atoms with Gasteiger partial charge in [-0.25, -0.2) is 0 Å². The maximum atomic E-state index is 6.22. The molecule has 0 unspecified atom stereocenters. The fraction of sp³-hybridized carbons (Fsp3) is 1.00. The van der Waals surface area contributed by atoms with Gasteiger partial charge in [0.15, 0.2) is 0 Å². The molecule has 3 fully saturated rings. The zero-order valence-electron chi connectivity index (χ0n) is 13.7. The second-order valence-corrected chi connectivity index (χ2v) is 8.72. The van der Waals surface area contributed by atoms with E-state index in [0.717, 1.165) is 17.8 Å². The molecule has 3 aliphatic rings. The Kier molecular flexibility index (Phi) is 6.29. The van der Waals surface area contributed by atoms with Gasteiger partial charge in [0.2, 0.25) is 0 Å². The third kappa shape index (κ3) is 5.13. The van der Waals surface area contributed by atoms with Crippen LogP contribution in [0.25, 0.3) is 0 Å². The minimum absolute atomic E-state index is 0.475. The summed E-state index contributed by atoms with van der Waals surface area (Å²) in [5.41, 5.74) is 0. The number of halogens is 1. The molecule has 0 radical (unpaired) electrons. The third-order valence-electron chi connectivity index (χ3n) is 6.39. The predicted octanol–water partition coefficient (Wildman–Crippen LogP) is 5.47. The maximum absolute atomic E-state index is 6.22. The van der Waals surface area contributed by atoms with Crippen molar-refractivity contribution in [3.63, 3.8) is 0 Å². The van der Waals surface area contributed by atoms with Crippen LogP contribution in [-0.4, -0.2) is 29.9 Å². The van der Waals surface area contributed by atoms with Gasteiger partial charge in [-0.15, -0.1) is 11.6 Å². The molecule has 3 rings (SSSR count). The Hall–Kier alpha value is 0.250. The number of hydrogen-bond acceptors (Lipinski definition) is 1. The van der Waals surface area contributed by atoms with Gasteiger partial charge in [-0.3, -0.25) is 0 Å². The Balaban J connectivity index is 1.33. The summed E-state index contributed by atoms with van der Waals surface area (Å²) in [6, 6.07) is 0. The topological polar surface area (TPSA) is 3.24 Å². The molecular weight excluding hydrogens is 278 g/mol. The Morgan fingerprint density at radius 3 is 1.95 bits per heavy atom. The standard InChI is InChI=1S/C19H34ClN/c20-19-8-6-18(7-9-19)15-21-12-10-17(11-13-21)14-16-4-2-1-3-5-16/h16-19H,1-15H2. The normalized spacial score (nSPS) is 34.1. The van der Waals surface area contributed by atoms with Gasteiger partial charge in [-0.2, -0.15) is 0 Å². The molecule has 1 nitrogen and oxygen atoms in total. The molecule has 21 heavy (non-hydrogen) atoms. The zero-order valence-corrected chi connectivity index (χ0v) is 14.5. The summed E-state index contributed by atoms with van der Waals surface area (Å²) in [5.74, 6) is 3.06. The van der Waals surface area contributed by atoms with Crippen molar-refractivity contribution in [2.24, 2.45) is 17.8 Å². The van der Waals surface area contributed by atoms with Crippen molar-refractivity contribution in [3.05, 3.63) is 0 Å². The van der Waals surface area contributed by atoms with Crippen LogP contribution in [0.15, 0.2) is 0 Å². The largest absolute Gasteiger partial charge is 0.303 e. The Morgan fingerprint density at radius 2 is 1.29 bits per heavy atom. The van der Waals surface area contributed by atoms with E-state index in [1.807, 2.05) is 0 Å². The molecule has 1 saturated heterocycles. The number of rotatable bonds is 4. The minimum Gasteiger partial charge on any atom is -0.303 e. The Bertz CT molecular complexity index is 284. The molecule has 0 aromatic heterocycles. The fourth-order valence-corrected chi connectivity index (χ4v) is 5.22. The van der Waals surface area contributed by atoms with E-state index in [4.69, 9.17) is 11.6 Å². The van der Waals surface area contributed by atoms with Crippen LogP contribution in [0.2, 0.25) is 0 Å². The molecule has 0 amide bonds. The van der Waals surface area contributed by atoms with E-state index in [1.54, 1.807) is 6.42 Å². The van der Waals surface area contributed by atoms with E-state index in [2.05, 4.69) is 4.90 Å². The summed E-state index contributed by atoms with van der Waals surface area (Å²) in [5, 5.41) is 0.475. The quantitative estimate of drug-likeness (QED) is 0.623. The highest BCUT2D eigenvalue weighted by molar-refractivity contribution is 6.20. The first-order valence-corrected chi connectivity index (χ1v) is 10.1. The summed E-state index contributed by atoms with van der Waals surface area (Å²) < 4.78 is 0. The highest BCUT2D eigenvalue weighted by atomic mass is 35.5. The number of alkyl halides is 1. The van der Waals surface area contributed by atoms with Gasteiger partial charge >= 0.3 is 0 Å². The lowest BCUT2D eigenvalue weighted by atomic mass is 9.79. The zero-order chi connectivity index (χ0) is 14.5. The van der Waals surface area contributed by atoms with Crippen LogP contribution >= 0.6 is 11.6 Å². The predicted molar refractivity (Wildman–Crippen MR) is 92.0 cm³/mol. The smallest absolute Gasteiger partial charge is 0.0336 e. The number of nitrogens with zero attached hydrogens (tertiary/aromatic N) is 1. The van der Waals surface area contributed by atoms with Gasteiger partial charge < -0.3 is 4.90 Å². The summed E-state index contributed by atoms with van der Waals surface area (Å²) in [7, 11) is 0. The van der Waals surface area contributed by atoms with Crippen molar-refractivity contribution in [3.8, 4) is 0 Å². The molecular formula is C19H34ClN. The molecule has 0 N–H and O–H groups in total. The van der Waals surface area contributed by atoms with E-state index in [9.17, 15) is 0 Å². The third-order valence-corrected chi connectivity index (χ3v) is 6.83. The summed E-state index contributed by atoms with van der Waals surface area (Å²) >= 11 is 6.22. The molecule has 122 valence electrons. The van der Waals surface area contributed by atoms with Gasteiger partial charge in [-0.1, -0.05) is 32.1 Å². The van der Waals surface area contributed by atoms with Crippen LogP contribution in [0.1, 0.15) is 77.0 Å². The average molecular weight is 312 g/mol. The number of likely N-dealkylation sites (tertiary alicyclic amines) is 1. The molecule has 2 heteroatoms. The van der Waals surface area contributed by atoms with E-state index in [-0.39, 0.29) is 0 Å². The van der Waals surface area contributed by atoms with Gasteiger partial charge in [0.1, 0.15) is 0 Å². The van der Waals surface area contributed by atoms with Crippen LogP contribution in [-0.2, 0) is 0 Å². The van der Waals surface area contributed by atoms with Gasteiger partial charge in [0.25, 0.3) is 0 Å². The fourth-order valence-electron chi connectivity index (χ4n) is 4.97. The first-order valence-electron chi connectivity index (χ1n) is 9.66. The van der Waals surface area contributed by atoms with Crippen LogP contribution < -0.4 is 0 Å². The van der Waals surface area contributed by atoms with Crippen molar-refractivity contribution in [2.45, 2.75) is 82.4 Å². The lowest BCUT2D eigenvalue weighted by molar-refractivity contribution is 0.130. The van der Waals surface area contributed by atoms with E-state index in [1.165, 1.54) is 90.3 Å². The van der Waals surface area contributed by atoms with Crippen LogP contribution in [0, 0.1) is 17.8 Å². The van der Waals surface area contributed by atoms with E-state index < -0.39 is 0 Å². The van der Waals surface area contributed by atoms with Crippen molar-refractivity contribution in [2.75, 3.05) is 19.6 Å². The first kappa shape index (κ1) is 16.1. The molecule has 0 spiro atoms. The van der Waals surface area contributed by atoms with Crippen LogP contribution in [0.4, 0.5) is 0 Å². The lowest BCUT2D eigenvalue weighted by Crippen LogP contribution is -2.38. The van der Waals surface area contributed by atoms with Crippen molar-refractivity contribution in [1.29, 1.82) is 0 Å². The lowest BCUT2D eigenvalue weighted by Gasteiger charge is -2.37. The van der Waals surface area contributed by atoms with Crippen LogP contribution in [0.3, 0.4) is 0 Å². The molecule has 1 heterocycles. The van der Waals surface area contributed by atoms with Crippen LogP contribution in [0.5, 0.6) is 0 Å². The average Bonchev–Trinajstić information content (AvgIpc) is 2.53. The summed E-state index contributed by atoms with van der Waals surface area (Å²) in [4.78, 5) is 2.76. The van der Waals surface area contributed by atoms with E-state index >= 15 is 0 Å². The highest BCUT2D eigenvalue weighted by Crippen LogP contribution is 2.34. The van der Waals surface area contributed by atoms with Gasteiger partial charge in [0.05, 0.1) is 0 Å². The summed E-state index contributed by atoms with van der Waals surface area (Å²) in [6.45, 7) is 4.11. The molecule has 0 bridgehead atoms. The van der Waals surface area contributed by atoms with Crippen molar-refractivity contribution in [1.82, 2.24) is 4.90 Å². The molecule has 2 saturated carbocycles.